The van der Waals surface area contributed by atoms with Crippen molar-refractivity contribution in [3.05, 3.63) is 106 Å². The number of benzene rings is 3. The van der Waals surface area contributed by atoms with Gasteiger partial charge in [0.2, 0.25) is 0 Å². The van der Waals surface area contributed by atoms with Gasteiger partial charge in [-0.15, -0.1) is 0 Å². The van der Waals surface area contributed by atoms with Crippen LogP contribution in [0.4, 0.5) is 14.5 Å². The Morgan fingerprint density at radius 3 is 2.57 bits per heavy atom. The zero-order chi connectivity index (χ0) is 26.2. The van der Waals surface area contributed by atoms with Crippen molar-refractivity contribution >= 4 is 39.8 Å². The zero-order valence-electron chi connectivity index (χ0n) is 19.6. The molecule has 0 saturated carbocycles. The maximum Gasteiger partial charge on any atom is 0.137 e. The van der Waals surface area contributed by atoms with Crippen molar-refractivity contribution < 1.29 is 13.9 Å². The molecule has 5 rings (SSSR count). The predicted octanol–water partition coefficient (Wildman–Crippen LogP) is 5.97. The van der Waals surface area contributed by atoms with Crippen LogP contribution in [-0.2, 0) is 18.7 Å². The maximum atomic E-state index is 14.9. The van der Waals surface area contributed by atoms with E-state index < -0.39 is 23.3 Å². The fourth-order valence-corrected chi connectivity index (χ4v) is 4.84. The van der Waals surface area contributed by atoms with Crippen molar-refractivity contribution in [2.45, 2.75) is 31.7 Å². The highest BCUT2D eigenvalue weighted by Crippen LogP contribution is 2.37. The normalized spacial score (nSPS) is 14.0. The first-order chi connectivity index (χ1) is 17.7. The predicted molar refractivity (Wildman–Crippen MR) is 139 cm³/mol. The summed E-state index contributed by atoms with van der Waals surface area (Å²) >= 11 is 12.5. The van der Waals surface area contributed by atoms with Crippen molar-refractivity contribution in [1.82, 2.24) is 24.5 Å². The van der Waals surface area contributed by atoms with Crippen molar-refractivity contribution in [3.8, 4) is 0 Å². The summed E-state index contributed by atoms with van der Waals surface area (Å²) in [7, 11) is 0. The summed E-state index contributed by atoms with van der Waals surface area (Å²) in [6.45, 7) is 2.01. The van der Waals surface area contributed by atoms with Crippen molar-refractivity contribution in [2.75, 3.05) is 5.32 Å². The minimum Gasteiger partial charge on any atom is -0.381 e. The number of aliphatic hydroxyl groups is 1. The molecule has 0 aliphatic carbocycles. The van der Waals surface area contributed by atoms with E-state index in [0.29, 0.717) is 22.1 Å². The second-order valence-electron chi connectivity index (χ2n) is 8.75. The van der Waals surface area contributed by atoms with Crippen LogP contribution in [0.2, 0.25) is 10.0 Å². The van der Waals surface area contributed by atoms with Gasteiger partial charge in [0.25, 0.3) is 0 Å². The quantitative estimate of drug-likeness (QED) is 0.252. The highest BCUT2D eigenvalue weighted by Gasteiger charge is 2.40. The highest BCUT2D eigenvalue weighted by atomic mass is 35.5. The molecular formula is C26H22Cl2F2N6O. The molecule has 0 bridgehead atoms. The second kappa shape index (κ2) is 10.1. The Labute approximate surface area is 221 Å². The number of halogens is 4. The number of nitrogens with zero attached hydrogens (tertiary/aromatic N) is 5. The van der Waals surface area contributed by atoms with Crippen LogP contribution >= 0.6 is 23.2 Å². The summed E-state index contributed by atoms with van der Waals surface area (Å²) in [6, 6.07) is 13.3. The lowest BCUT2D eigenvalue weighted by Crippen LogP contribution is -2.40. The molecule has 2 aromatic heterocycles. The van der Waals surface area contributed by atoms with Gasteiger partial charge in [-0.25, -0.2) is 18.4 Å². The van der Waals surface area contributed by atoms with Gasteiger partial charge in [-0.1, -0.05) is 35.3 Å². The van der Waals surface area contributed by atoms with E-state index in [-0.39, 0.29) is 12.1 Å². The van der Waals surface area contributed by atoms with Crippen LogP contribution in [-0.4, -0.2) is 29.7 Å². The third kappa shape index (κ3) is 5.02. The molecule has 0 saturated heterocycles. The number of hydrogen-bond acceptors (Lipinski definition) is 5. The van der Waals surface area contributed by atoms with Crippen LogP contribution in [0.1, 0.15) is 24.1 Å². The molecule has 0 radical (unpaired) electrons. The summed E-state index contributed by atoms with van der Waals surface area (Å²) in [5.41, 5.74) is 0.384. The molecule has 0 spiro atoms. The van der Waals surface area contributed by atoms with Gasteiger partial charge in [0.15, 0.2) is 0 Å². The van der Waals surface area contributed by atoms with E-state index in [2.05, 4.69) is 20.5 Å². The standard InChI is InChI=1S/C26H22Cl2F2N6O/c1-16(26(37,13-35-15-31-14-33-35)21-7-5-18(29)10-24(21)30)36-12-17-9-19(6-8-25(17)34-36)32-11-20-22(27)3-2-4-23(20)28/h2-10,12,14-16,32,37H,11,13H2,1H3/t16-,26-/m1/s1. The molecule has 3 aromatic carbocycles. The number of rotatable bonds is 8. The monoisotopic (exact) mass is 542 g/mol. The lowest BCUT2D eigenvalue weighted by Gasteiger charge is -2.34. The first-order valence-electron chi connectivity index (χ1n) is 11.4. The highest BCUT2D eigenvalue weighted by molar-refractivity contribution is 6.36. The molecule has 0 fully saturated rings. The number of nitrogens with one attached hydrogen (secondary N) is 1. The van der Waals surface area contributed by atoms with E-state index in [1.54, 1.807) is 36.0 Å². The summed E-state index contributed by atoms with van der Waals surface area (Å²) in [5.74, 6) is -1.60. The Bertz CT molecular complexity index is 1540. The van der Waals surface area contributed by atoms with Gasteiger partial charge in [0.1, 0.15) is 29.9 Å². The van der Waals surface area contributed by atoms with E-state index in [0.717, 1.165) is 28.8 Å². The third-order valence-electron chi connectivity index (χ3n) is 6.41. The van der Waals surface area contributed by atoms with E-state index >= 15 is 0 Å². The average molecular weight is 543 g/mol. The Kier molecular flexibility index (Phi) is 6.85. The summed E-state index contributed by atoms with van der Waals surface area (Å²) in [6.07, 6.45) is 4.50. The van der Waals surface area contributed by atoms with Crippen LogP contribution in [0.25, 0.3) is 10.9 Å². The third-order valence-corrected chi connectivity index (χ3v) is 7.12. The summed E-state index contributed by atoms with van der Waals surface area (Å²) in [4.78, 5) is 3.90. The zero-order valence-corrected chi connectivity index (χ0v) is 21.1. The summed E-state index contributed by atoms with van der Waals surface area (Å²) in [5, 5.41) is 25.8. The van der Waals surface area contributed by atoms with Crippen molar-refractivity contribution in [2.24, 2.45) is 0 Å². The molecule has 0 aliphatic rings. The number of anilines is 1. The lowest BCUT2D eigenvalue weighted by molar-refractivity contribution is -0.0366. The number of aromatic nitrogens is 5. The lowest BCUT2D eigenvalue weighted by atomic mass is 9.86. The Hall–Kier alpha value is -3.53. The van der Waals surface area contributed by atoms with Gasteiger partial charge in [-0.05, 0) is 43.3 Å². The molecule has 190 valence electrons. The molecule has 37 heavy (non-hydrogen) atoms. The second-order valence-corrected chi connectivity index (χ2v) is 9.57. The van der Waals surface area contributed by atoms with E-state index in [9.17, 15) is 13.9 Å². The van der Waals surface area contributed by atoms with Crippen LogP contribution in [0.5, 0.6) is 0 Å². The number of fused-ring (bicyclic) bond motifs is 1. The van der Waals surface area contributed by atoms with E-state index in [4.69, 9.17) is 23.2 Å². The van der Waals surface area contributed by atoms with Crippen LogP contribution in [0, 0.1) is 11.6 Å². The minimum atomic E-state index is -1.82. The minimum absolute atomic E-state index is 0.0737. The molecule has 5 aromatic rings. The smallest absolute Gasteiger partial charge is 0.137 e. The molecule has 2 N–H and O–H groups in total. The van der Waals surface area contributed by atoms with Gasteiger partial charge >= 0.3 is 0 Å². The fraction of sp³-hybridized carbons (Fsp3) is 0.192. The van der Waals surface area contributed by atoms with Gasteiger partial charge < -0.3 is 10.4 Å². The fourth-order valence-electron chi connectivity index (χ4n) is 4.31. The van der Waals surface area contributed by atoms with Crippen LogP contribution in [0.15, 0.2) is 73.4 Å². The van der Waals surface area contributed by atoms with Gasteiger partial charge in [0.05, 0.1) is 18.1 Å². The molecule has 0 unspecified atom stereocenters. The van der Waals surface area contributed by atoms with Crippen molar-refractivity contribution in [1.29, 1.82) is 0 Å². The Morgan fingerprint density at radius 2 is 1.86 bits per heavy atom. The van der Waals surface area contributed by atoms with Crippen LogP contribution < -0.4 is 5.32 Å². The van der Waals surface area contributed by atoms with E-state index in [1.165, 1.54) is 23.4 Å². The average Bonchev–Trinajstić information content (AvgIpc) is 3.52. The molecule has 0 amide bonds. The molecule has 11 heteroatoms. The Balaban J connectivity index is 1.46. The van der Waals surface area contributed by atoms with Crippen molar-refractivity contribution in [3.63, 3.8) is 0 Å². The largest absolute Gasteiger partial charge is 0.381 e. The molecule has 0 aliphatic heterocycles. The topological polar surface area (TPSA) is 80.8 Å². The Morgan fingerprint density at radius 1 is 1.08 bits per heavy atom. The number of hydrogen-bond donors (Lipinski definition) is 2. The molecule has 7 nitrogen and oxygen atoms in total. The molecule has 2 atom stereocenters. The van der Waals surface area contributed by atoms with Gasteiger partial charge in [0, 0.05) is 51.1 Å². The first kappa shape index (κ1) is 25.1. The van der Waals surface area contributed by atoms with Crippen LogP contribution in [0.3, 0.4) is 0 Å². The van der Waals surface area contributed by atoms with Gasteiger partial charge in [-0.3, -0.25) is 4.68 Å². The summed E-state index contributed by atoms with van der Waals surface area (Å²) < 4.78 is 31.5. The maximum absolute atomic E-state index is 14.9. The molecule has 2 heterocycles. The van der Waals surface area contributed by atoms with E-state index in [1.807, 2.05) is 18.2 Å². The van der Waals surface area contributed by atoms with Gasteiger partial charge in [-0.2, -0.15) is 10.2 Å². The SMILES string of the molecule is C[C@@H](n1cc2cc(NCc3c(Cl)cccc3Cl)ccc2n1)[C@](O)(Cn1cncn1)c1ccc(F)cc1F. The first-order valence-corrected chi connectivity index (χ1v) is 12.2. The molecular weight excluding hydrogens is 521 g/mol.